The van der Waals surface area contributed by atoms with Crippen LogP contribution in [0.1, 0.15) is 48.1 Å². The molecule has 0 spiro atoms. The number of aryl methyl sites for hydroxylation is 2. The first-order chi connectivity index (χ1) is 9.33. The number of ether oxygens (including phenoxy) is 1. The Morgan fingerprint density at radius 3 is 3.05 bits per heavy atom. The van der Waals surface area contributed by atoms with Crippen molar-refractivity contribution in [3.8, 4) is 0 Å². The third-order valence-corrected chi connectivity index (χ3v) is 5.26. The average Bonchev–Trinajstić information content (AvgIpc) is 2.99. The number of nitrogens with one attached hydrogen (secondary N) is 1. The minimum absolute atomic E-state index is 0.0218. The molecular weight excluding hydrogens is 260 g/mol. The highest BCUT2D eigenvalue weighted by Crippen LogP contribution is 2.35. The fourth-order valence-corrected chi connectivity index (χ4v) is 4.40. The van der Waals surface area contributed by atoms with Crippen LogP contribution in [-0.4, -0.2) is 16.6 Å². The average molecular weight is 276 g/mol. The van der Waals surface area contributed by atoms with E-state index >= 15 is 0 Å². The summed E-state index contributed by atoms with van der Waals surface area (Å²) in [6, 6.07) is 0. The first kappa shape index (κ1) is 11.6. The van der Waals surface area contributed by atoms with Gasteiger partial charge in [0.05, 0.1) is 5.39 Å². The fraction of sp³-hybridized carbons (Fsp3) is 0.571. The van der Waals surface area contributed by atoms with Crippen LogP contribution in [-0.2, 0) is 17.6 Å². The zero-order valence-electron chi connectivity index (χ0n) is 10.7. The highest BCUT2D eigenvalue weighted by atomic mass is 32.1. The van der Waals surface area contributed by atoms with E-state index in [2.05, 4.69) is 9.97 Å². The van der Waals surface area contributed by atoms with Crippen molar-refractivity contribution in [3.63, 3.8) is 0 Å². The third kappa shape index (κ3) is 1.83. The van der Waals surface area contributed by atoms with Gasteiger partial charge < -0.3 is 9.72 Å². The summed E-state index contributed by atoms with van der Waals surface area (Å²) in [4.78, 5) is 22.2. The molecule has 2 aromatic rings. The molecule has 1 fully saturated rings. The Hall–Kier alpha value is -1.20. The lowest BCUT2D eigenvalue weighted by molar-refractivity contribution is 0.00955. The van der Waals surface area contributed by atoms with Crippen molar-refractivity contribution in [2.75, 3.05) is 6.61 Å². The van der Waals surface area contributed by atoms with Crippen molar-refractivity contribution >= 4 is 21.6 Å². The molecule has 4 rings (SSSR count). The molecule has 1 aliphatic carbocycles. The zero-order valence-corrected chi connectivity index (χ0v) is 11.5. The second kappa shape index (κ2) is 4.42. The van der Waals surface area contributed by atoms with E-state index in [-0.39, 0.29) is 11.7 Å². The van der Waals surface area contributed by atoms with Gasteiger partial charge in [0.1, 0.15) is 16.8 Å². The summed E-state index contributed by atoms with van der Waals surface area (Å²) in [5.41, 5.74) is 1.26. The van der Waals surface area contributed by atoms with Crippen LogP contribution in [0.3, 0.4) is 0 Å². The Morgan fingerprint density at radius 2 is 2.21 bits per heavy atom. The number of rotatable bonds is 1. The van der Waals surface area contributed by atoms with Gasteiger partial charge in [-0.1, -0.05) is 0 Å². The van der Waals surface area contributed by atoms with E-state index in [0.29, 0.717) is 0 Å². The minimum Gasteiger partial charge on any atom is -0.370 e. The van der Waals surface area contributed by atoms with Gasteiger partial charge in [0.2, 0.25) is 0 Å². The van der Waals surface area contributed by atoms with E-state index in [0.717, 1.165) is 54.8 Å². The van der Waals surface area contributed by atoms with Gasteiger partial charge in [0, 0.05) is 11.5 Å². The molecule has 1 aliphatic heterocycles. The summed E-state index contributed by atoms with van der Waals surface area (Å²) >= 11 is 1.69. The van der Waals surface area contributed by atoms with Crippen LogP contribution in [0.5, 0.6) is 0 Å². The van der Waals surface area contributed by atoms with Crippen LogP contribution in [0.4, 0.5) is 0 Å². The van der Waals surface area contributed by atoms with Crippen molar-refractivity contribution in [1.82, 2.24) is 9.97 Å². The number of hydrogen-bond acceptors (Lipinski definition) is 4. The molecule has 1 unspecified atom stereocenters. The minimum atomic E-state index is -0.0252. The molecular formula is C14H16N2O2S. The molecule has 100 valence electrons. The Kier molecular flexibility index (Phi) is 2.70. The third-order valence-electron chi connectivity index (χ3n) is 4.08. The molecule has 0 saturated carbocycles. The second-order valence-corrected chi connectivity index (χ2v) is 6.43. The molecule has 2 aromatic heterocycles. The molecule has 0 aromatic carbocycles. The molecule has 0 bridgehead atoms. The maximum absolute atomic E-state index is 12.3. The predicted octanol–water partition coefficient (Wildman–Crippen LogP) is 2.71. The van der Waals surface area contributed by atoms with E-state index in [1.807, 2.05) is 0 Å². The first-order valence-corrected chi connectivity index (χ1v) is 7.80. The molecule has 2 aliphatic rings. The van der Waals surface area contributed by atoms with Gasteiger partial charge in [0.25, 0.3) is 5.56 Å². The molecule has 5 heteroatoms. The lowest BCUT2D eigenvalue weighted by Crippen LogP contribution is -2.19. The van der Waals surface area contributed by atoms with Crippen LogP contribution in [0.2, 0.25) is 0 Å². The summed E-state index contributed by atoms with van der Waals surface area (Å²) in [6.07, 6.45) is 6.49. The molecule has 1 atom stereocenters. The quantitative estimate of drug-likeness (QED) is 0.871. The molecule has 0 radical (unpaired) electrons. The van der Waals surface area contributed by atoms with E-state index in [4.69, 9.17) is 4.74 Å². The highest BCUT2D eigenvalue weighted by molar-refractivity contribution is 7.18. The first-order valence-electron chi connectivity index (χ1n) is 6.99. The van der Waals surface area contributed by atoms with Crippen LogP contribution in [0, 0.1) is 0 Å². The van der Waals surface area contributed by atoms with E-state index < -0.39 is 0 Å². The zero-order chi connectivity index (χ0) is 12.8. The van der Waals surface area contributed by atoms with Gasteiger partial charge in [-0.3, -0.25) is 4.79 Å². The Bertz CT molecular complexity index is 683. The van der Waals surface area contributed by atoms with Crippen molar-refractivity contribution in [2.24, 2.45) is 0 Å². The Labute approximate surface area is 114 Å². The van der Waals surface area contributed by atoms with E-state index in [9.17, 15) is 4.79 Å². The van der Waals surface area contributed by atoms with Crippen LogP contribution in [0.25, 0.3) is 10.2 Å². The number of nitrogens with zero attached hydrogens (tertiary/aromatic N) is 1. The fourth-order valence-electron chi connectivity index (χ4n) is 3.13. The second-order valence-electron chi connectivity index (χ2n) is 5.34. The number of H-pyrrole nitrogens is 1. The van der Waals surface area contributed by atoms with Gasteiger partial charge in [-0.15, -0.1) is 11.3 Å². The Morgan fingerprint density at radius 1 is 1.26 bits per heavy atom. The summed E-state index contributed by atoms with van der Waals surface area (Å²) in [5, 5.41) is 0.831. The van der Waals surface area contributed by atoms with E-state index in [1.165, 1.54) is 16.9 Å². The smallest absolute Gasteiger partial charge is 0.260 e. The maximum atomic E-state index is 12.3. The molecule has 3 heterocycles. The van der Waals surface area contributed by atoms with Crippen molar-refractivity contribution in [2.45, 2.75) is 44.6 Å². The van der Waals surface area contributed by atoms with Gasteiger partial charge in [0.15, 0.2) is 0 Å². The Balaban J connectivity index is 1.84. The highest BCUT2D eigenvalue weighted by Gasteiger charge is 2.24. The number of fused-ring (bicyclic) bond motifs is 3. The number of hydrogen-bond donors (Lipinski definition) is 1. The summed E-state index contributed by atoms with van der Waals surface area (Å²) in [6.45, 7) is 0.771. The lowest BCUT2D eigenvalue weighted by atomic mass is 10.1. The van der Waals surface area contributed by atoms with Crippen LogP contribution < -0.4 is 5.56 Å². The topological polar surface area (TPSA) is 55.0 Å². The molecule has 19 heavy (non-hydrogen) atoms. The van der Waals surface area contributed by atoms with Gasteiger partial charge in [-0.05, 0) is 44.1 Å². The normalized spacial score (nSPS) is 22.8. The largest absolute Gasteiger partial charge is 0.370 e. The summed E-state index contributed by atoms with van der Waals surface area (Å²) in [5.74, 6) is 0.720. The predicted molar refractivity (Wildman–Crippen MR) is 74.8 cm³/mol. The maximum Gasteiger partial charge on any atom is 0.260 e. The molecule has 0 amide bonds. The standard InChI is InChI=1S/C14H16N2O2S/c17-13-11-8-4-3-6-10(8)19-14(11)16-12(15-13)9-5-1-2-7-18-9/h9H,1-7H2,(H,15,16,17). The summed E-state index contributed by atoms with van der Waals surface area (Å²) in [7, 11) is 0. The van der Waals surface area contributed by atoms with Gasteiger partial charge >= 0.3 is 0 Å². The number of aromatic nitrogens is 2. The summed E-state index contributed by atoms with van der Waals surface area (Å²) < 4.78 is 5.72. The van der Waals surface area contributed by atoms with Gasteiger partial charge in [-0.2, -0.15) is 0 Å². The number of thiophene rings is 1. The van der Waals surface area contributed by atoms with Gasteiger partial charge in [-0.25, -0.2) is 4.98 Å². The monoisotopic (exact) mass is 276 g/mol. The SMILES string of the molecule is O=c1[nH]c(C2CCCCO2)nc2sc3c(c12)CCC3. The van der Waals surface area contributed by atoms with Crippen molar-refractivity contribution < 1.29 is 4.74 Å². The molecule has 1 N–H and O–H groups in total. The van der Waals surface area contributed by atoms with Crippen molar-refractivity contribution in [3.05, 3.63) is 26.6 Å². The van der Waals surface area contributed by atoms with E-state index in [1.54, 1.807) is 11.3 Å². The molecule has 4 nitrogen and oxygen atoms in total. The lowest BCUT2D eigenvalue weighted by Gasteiger charge is -2.21. The van der Waals surface area contributed by atoms with Crippen LogP contribution in [0.15, 0.2) is 4.79 Å². The molecule has 1 saturated heterocycles. The number of aromatic amines is 1. The van der Waals surface area contributed by atoms with Crippen LogP contribution >= 0.6 is 11.3 Å². The van der Waals surface area contributed by atoms with Crippen molar-refractivity contribution in [1.29, 1.82) is 0 Å².